The van der Waals surface area contributed by atoms with Gasteiger partial charge in [-0.1, -0.05) is 35.9 Å². The molecule has 5 heteroatoms. The molecule has 0 radical (unpaired) electrons. The van der Waals surface area contributed by atoms with Crippen LogP contribution in [0.1, 0.15) is 11.3 Å². The molecule has 27 heavy (non-hydrogen) atoms. The fourth-order valence-electron chi connectivity index (χ4n) is 3.26. The first-order valence-electron chi connectivity index (χ1n) is 8.69. The third kappa shape index (κ3) is 3.04. The smallest absolute Gasteiger partial charge is 0.153 e. The van der Waals surface area contributed by atoms with Crippen LogP contribution in [0.25, 0.3) is 27.8 Å². The van der Waals surface area contributed by atoms with Crippen molar-refractivity contribution in [2.75, 3.05) is 0 Å². The molecule has 3 heterocycles. The Morgan fingerprint density at radius 1 is 0.889 bits per heavy atom. The Balaban J connectivity index is 1.54. The third-order valence-electron chi connectivity index (χ3n) is 4.63. The summed E-state index contributed by atoms with van der Waals surface area (Å²) in [6.45, 7) is 0. The van der Waals surface area contributed by atoms with E-state index in [-0.39, 0.29) is 0 Å². The quantitative estimate of drug-likeness (QED) is 0.439. The van der Waals surface area contributed by atoms with Crippen LogP contribution in [0, 0.1) is 0 Å². The van der Waals surface area contributed by atoms with Crippen molar-refractivity contribution in [3.8, 4) is 11.3 Å². The first-order chi connectivity index (χ1) is 13.3. The number of hydrogen-bond acceptors (Lipinski definition) is 3. The van der Waals surface area contributed by atoms with Gasteiger partial charge in [-0.15, -0.1) is 0 Å². The van der Waals surface area contributed by atoms with Gasteiger partial charge < -0.3 is 0 Å². The summed E-state index contributed by atoms with van der Waals surface area (Å²) in [5.41, 5.74) is 6.01. The zero-order valence-corrected chi connectivity index (χ0v) is 15.1. The lowest BCUT2D eigenvalue weighted by Gasteiger charge is -2.06. The molecule has 4 nitrogen and oxygen atoms in total. The van der Waals surface area contributed by atoms with Crippen molar-refractivity contribution in [3.63, 3.8) is 0 Å². The van der Waals surface area contributed by atoms with Gasteiger partial charge in [0.25, 0.3) is 0 Å². The Bertz CT molecular complexity index is 1260. The summed E-state index contributed by atoms with van der Waals surface area (Å²) in [5.74, 6) is 0. The zero-order valence-electron chi connectivity index (χ0n) is 14.4. The van der Waals surface area contributed by atoms with Crippen LogP contribution in [0.3, 0.4) is 0 Å². The van der Waals surface area contributed by atoms with Gasteiger partial charge in [-0.05, 0) is 48.0 Å². The highest BCUT2D eigenvalue weighted by atomic mass is 35.5. The van der Waals surface area contributed by atoms with Gasteiger partial charge in [-0.2, -0.15) is 5.10 Å². The second-order valence-corrected chi connectivity index (χ2v) is 6.89. The van der Waals surface area contributed by atoms with Crippen LogP contribution in [0.2, 0.25) is 5.02 Å². The minimum atomic E-state index is 0.717. The first-order valence-corrected chi connectivity index (χ1v) is 9.07. The summed E-state index contributed by atoms with van der Waals surface area (Å²) < 4.78 is 1.91. The zero-order chi connectivity index (χ0) is 18.2. The molecule has 5 rings (SSSR count). The Morgan fingerprint density at radius 3 is 2.67 bits per heavy atom. The topological polar surface area (TPSA) is 43.1 Å². The van der Waals surface area contributed by atoms with Crippen molar-refractivity contribution in [3.05, 3.63) is 95.4 Å². The lowest BCUT2D eigenvalue weighted by atomic mass is 10.1. The number of aromatic nitrogens is 4. The number of nitrogens with zero attached hydrogens (tertiary/aromatic N) is 4. The molecule has 5 aromatic rings. The molecule has 2 aromatic carbocycles. The van der Waals surface area contributed by atoms with E-state index < -0.39 is 0 Å². The molecule has 0 saturated heterocycles. The van der Waals surface area contributed by atoms with Crippen LogP contribution in [-0.2, 0) is 6.42 Å². The minimum absolute atomic E-state index is 0.717. The van der Waals surface area contributed by atoms with Gasteiger partial charge in [-0.25, -0.2) is 9.50 Å². The lowest BCUT2D eigenvalue weighted by Crippen LogP contribution is -2.00. The van der Waals surface area contributed by atoms with E-state index >= 15 is 0 Å². The number of benzene rings is 2. The number of pyridine rings is 1. The summed E-state index contributed by atoms with van der Waals surface area (Å²) in [5, 5.41) is 6.65. The molecular weight excluding hydrogens is 356 g/mol. The second-order valence-electron chi connectivity index (χ2n) is 6.45. The average Bonchev–Trinajstić information content (AvgIpc) is 3.10. The second kappa shape index (κ2) is 6.49. The van der Waals surface area contributed by atoms with E-state index in [2.05, 4.69) is 34.2 Å². The highest BCUT2D eigenvalue weighted by molar-refractivity contribution is 6.30. The SMILES string of the molecule is Clc1ccc(-c2ccc3ncc(Cc4ccc5ncccc5c4)n3n2)cc1. The molecule has 0 saturated carbocycles. The van der Waals surface area contributed by atoms with Crippen LogP contribution in [0.15, 0.2) is 79.1 Å². The maximum atomic E-state index is 5.99. The molecule has 0 spiro atoms. The number of rotatable bonds is 3. The molecule has 0 aliphatic heterocycles. The Kier molecular flexibility index (Phi) is 3.84. The summed E-state index contributed by atoms with van der Waals surface area (Å²) in [6.07, 6.45) is 4.46. The molecule has 3 aromatic heterocycles. The molecule has 0 unspecified atom stereocenters. The maximum absolute atomic E-state index is 5.99. The van der Waals surface area contributed by atoms with Gasteiger partial charge in [0.15, 0.2) is 5.65 Å². The van der Waals surface area contributed by atoms with Crippen LogP contribution >= 0.6 is 11.6 Å². The molecule has 0 atom stereocenters. The number of imidazole rings is 1. The molecule has 0 aliphatic carbocycles. The van der Waals surface area contributed by atoms with E-state index in [1.54, 1.807) is 0 Å². The summed E-state index contributed by atoms with van der Waals surface area (Å²) in [4.78, 5) is 8.87. The summed E-state index contributed by atoms with van der Waals surface area (Å²) in [7, 11) is 0. The Morgan fingerprint density at radius 2 is 1.78 bits per heavy atom. The molecule has 0 bridgehead atoms. The van der Waals surface area contributed by atoms with Gasteiger partial charge in [0.1, 0.15) is 0 Å². The van der Waals surface area contributed by atoms with Crippen LogP contribution in [-0.4, -0.2) is 19.6 Å². The van der Waals surface area contributed by atoms with Crippen molar-refractivity contribution in [2.24, 2.45) is 0 Å². The van der Waals surface area contributed by atoms with Gasteiger partial charge in [0.2, 0.25) is 0 Å². The third-order valence-corrected chi connectivity index (χ3v) is 4.88. The molecule has 0 amide bonds. The first kappa shape index (κ1) is 16.0. The van der Waals surface area contributed by atoms with Gasteiger partial charge >= 0.3 is 0 Å². The Labute approximate surface area is 161 Å². The van der Waals surface area contributed by atoms with Crippen LogP contribution < -0.4 is 0 Å². The average molecular weight is 371 g/mol. The molecular formula is C22H15ClN4. The highest BCUT2D eigenvalue weighted by Crippen LogP contribution is 2.21. The fourth-order valence-corrected chi connectivity index (χ4v) is 3.39. The largest absolute Gasteiger partial charge is 0.256 e. The van der Waals surface area contributed by atoms with E-state index in [4.69, 9.17) is 16.7 Å². The molecule has 0 N–H and O–H groups in total. The van der Waals surface area contributed by atoms with Crippen LogP contribution in [0.5, 0.6) is 0 Å². The van der Waals surface area contributed by atoms with E-state index in [9.17, 15) is 0 Å². The highest BCUT2D eigenvalue weighted by Gasteiger charge is 2.09. The lowest BCUT2D eigenvalue weighted by molar-refractivity contribution is 0.876. The van der Waals surface area contributed by atoms with E-state index in [1.807, 2.05) is 59.4 Å². The number of halogens is 1. The van der Waals surface area contributed by atoms with E-state index in [0.29, 0.717) is 5.02 Å². The number of fused-ring (bicyclic) bond motifs is 2. The van der Waals surface area contributed by atoms with Crippen molar-refractivity contribution >= 4 is 28.2 Å². The maximum Gasteiger partial charge on any atom is 0.153 e. The monoisotopic (exact) mass is 370 g/mol. The van der Waals surface area contributed by atoms with E-state index in [0.717, 1.165) is 39.9 Å². The van der Waals surface area contributed by atoms with Gasteiger partial charge in [0, 0.05) is 28.6 Å². The van der Waals surface area contributed by atoms with Crippen molar-refractivity contribution < 1.29 is 0 Å². The van der Waals surface area contributed by atoms with Gasteiger partial charge in [0.05, 0.1) is 23.1 Å². The Hall–Kier alpha value is -3.24. The molecule has 0 aliphatic rings. The standard InChI is InChI=1S/C22H15ClN4/c23-18-6-4-16(5-7-18)21-9-10-22-25-14-19(27(22)26-21)13-15-3-8-20-17(12-15)2-1-11-24-20/h1-12,14H,13H2. The normalized spacial score (nSPS) is 11.3. The van der Waals surface area contributed by atoms with Crippen LogP contribution in [0.4, 0.5) is 0 Å². The predicted molar refractivity (Wildman–Crippen MR) is 108 cm³/mol. The van der Waals surface area contributed by atoms with Crippen molar-refractivity contribution in [1.82, 2.24) is 19.6 Å². The van der Waals surface area contributed by atoms with Crippen molar-refractivity contribution in [2.45, 2.75) is 6.42 Å². The number of hydrogen-bond donors (Lipinski definition) is 0. The molecule has 0 fully saturated rings. The predicted octanol–water partition coefficient (Wildman–Crippen LogP) is 5.19. The van der Waals surface area contributed by atoms with E-state index in [1.165, 1.54) is 5.56 Å². The van der Waals surface area contributed by atoms with Crippen molar-refractivity contribution in [1.29, 1.82) is 0 Å². The summed E-state index contributed by atoms with van der Waals surface area (Å²) >= 11 is 5.99. The minimum Gasteiger partial charge on any atom is -0.256 e. The van der Waals surface area contributed by atoms with Gasteiger partial charge in [-0.3, -0.25) is 4.98 Å². The fraction of sp³-hybridized carbons (Fsp3) is 0.0455. The summed E-state index contributed by atoms with van der Waals surface area (Å²) in [6, 6.07) is 22.1. The molecule has 130 valence electrons.